The standard InChI is InChI=1S/C14H22BrN3O/c1-12-4-8-17(9-5-12)13-10-14(19)18(16-11-13)7-3-2-6-15/h10-12H,2-9H2,1H3. The molecule has 0 unspecified atom stereocenters. The number of aromatic nitrogens is 2. The predicted molar refractivity (Wildman–Crippen MR) is 82.1 cm³/mol. The largest absolute Gasteiger partial charge is 0.370 e. The summed E-state index contributed by atoms with van der Waals surface area (Å²) < 4.78 is 1.57. The number of hydrogen-bond acceptors (Lipinski definition) is 3. The normalized spacial score (nSPS) is 16.8. The van der Waals surface area contributed by atoms with Gasteiger partial charge < -0.3 is 4.90 Å². The zero-order valence-electron chi connectivity index (χ0n) is 11.5. The van der Waals surface area contributed by atoms with Crippen molar-refractivity contribution in [2.24, 2.45) is 5.92 Å². The van der Waals surface area contributed by atoms with Gasteiger partial charge >= 0.3 is 0 Å². The summed E-state index contributed by atoms with van der Waals surface area (Å²) in [4.78, 5) is 14.3. The second-order valence-corrected chi connectivity index (χ2v) is 6.13. The van der Waals surface area contributed by atoms with E-state index in [9.17, 15) is 4.79 Å². The number of rotatable bonds is 5. The summed E-state index contributed by atoms with van der Waals surface area (Å²) in [5, 5.41) is 5.27. The van der Waals surface area contributed by atoms with Crippen molar-refractivity contribution in [3.63, 3.8) is 0 Å². The van der Waals surface area contributed by atoms with Gasteiger partial charge in [-0.15, -0.1) is 0 Å². The van der Waals surface area contributed by atoms with Crippen LogP contribution in [0.4, 0.5) is 5.69 Å². The summed E-state index contributed by atoms with van der Waals surface area (Å²) >= 11 is 3.40. The summed E-state index contributed by atoms with van der Waals surface area (Å²) in [5.41, 5.74) is 0.999. The van der Waals surface area contributed by atoms with Crippen LogP contribution in [-0.4, -0.2) is 28.2 Å². The molecule has 1 saturated heterocycles. The van der Waals surface area contributed by atoms with E-state index in [-0.39, 0.29) is 5.56 Å². The summed E-state index contributed by atoms with van der Waals surface area (Å²) in [5.74, 6) is 0.800. The second-order valence-electron chi connectivity index (χ2n) is 5.34. The Bertz CT molecular complexity index is 452. The van der Waals surface area contributed by atoms with Crippen LogP contribution in [0.2, 0.25) is 0 Å². The first-order valence-electron chi connectivity index (χ1n) is 7.09. The van der Waals surface area contributed by atoms with Gasteiger partial charge in [-0.1, -0.05) is 22.9 Å². The van der Waals surface area contributed by atoms with Gasteiger partial charge in [0.25, 0.3) is 5.56 Å². The molecule has 1 aromatic rings. The van der Waals surface area contributed by atoms with Crippen LogP contribution in [0.3, 0.4) is 0 Å². The summed E-state index contributed by atoms with van der Waals surface area (Å²) in [6.07, 6.45) is 6.30. The number of aryl methyl sites for hydroxylation is 1. The van der Waals surface area contributed by atoms with Crippen LogP contribution >= 0.6 is 15.9 Å². The molecule has 1 aromatic heterocycles. The second kappa shape index (κ2) is 7.08. The lowest BCUT2D eigenvalue weighted by molar-refractivity contribution is 0.437. The van der Waals surface area contributed by atoms with Crippen molar-refractivity contribution in [3.05, 3.63) is 22.6 Å². The molecule has 0 spiro atoms. The highest BCUT2D eigenvalue weighted by Crippen LogP contribution is 2.20. The molecule has 0 N–H and O–H groups in total. The number of hydrogen-bond donors (Lipinski definition) is 0. The average molecular weight is 328 g/mol. The smallest absolute Gasteiger partial charge is 0.268 e. The highest BCUT2D eigenvalue weighted by molar-refractivity contribution is 9.09. The van der Waals surface area contributed by atoms with Crippen molar-refractivity contribution in [2.45, 2.75) is 39.2 Å². The van der Waals surface area contributed by atoms with Crippen molar-refractivity contribution < 1.29 is 0 Å². The molecule has 1 aliphatic heterocycles. The van der Waals surface area contributed by atoms with Crippen LogP contribution in [0.25, 0.3) is 0 Å². The van der Waals surface area contributed by atoms with E-state index in [4.69, 9.17) is 0 Å². The van der Waals surface area contributed by atoms with Gasteiger partial charge in [0.05, 0.1) is 11.9 Å². The minimum atomic E-state index is 0.0192. The van der Waals surface area contributed by atoms with Gasteiger partial charge in [-0.3, -0.25) is 4.79 Å². The number of piperidine rings is 1. The highest BCUT2D eigenvalue weighted by Gasteiger charge is 2.16. The fourth-order valence-corrected chi connectivity index (χ4v) is 2.78. The van der Waals surface area contributed by atoms with E-state index in [1.807, 2.05) is 6.20 Å². The Morgan fingerprint density at radius 1 is 1.37 bits per heavy atom. The van der Waals surface area contributed by atoms with Crippen LogP contribution < -0.4 is 10.5 Å². The fourth-order valence-electron chi connectivity index (χ4n) is 2.39. The van der Waals surface area contributed by atoms with Gasteiger partial charge in [-0.2, -0.15) is 5.10 Å². The molecular formula is C14H22BrN3O. The van der Waals surface area contributed by atoms with Gasteiger partial charge in [0.15, 0.2) is 0 Å². The SMILES string of the molecule is CC1CCN(c2cnn(CCCCBr)c(=O)c2)CC1. The van der Waals surface area contributed by atoms with Crippen LogP contribution in [0.15, 0.2) is 17.1 Å². The van der Waals surface area contributed by atoms with Crippen LogP contribution in [0, 0.1) is 5.92 Å². The quantitative estimate of drug-likeness (QED) is 0.616. The maximum Gasteiger partial charge on any atom is 0.268 e. The van der Waals surface area contributed by atoms with Crippen molar-refractivity contribution in [2.75, 3.05) is 23.3 Å². The molecule has 2 rings (SSSR count). The van der Waals surface area contributed by atoms with Gasteiger partial charge in [0.2, 0.25) is 0 Å². The lowest BCUT2D eigenvalue weighted by Gasteiger charge is -2.31. The summed E-state index contributed by atoms with van der Waals surface area (Å²) in [7, 11) is 0. The topological polar surface area (TPSA) is 38.1 Å². The Kier molecular flexibility index (Phi) is 5.43. The fraction of sp³-hybridized carbons (Fsp3) is 0.714. The van der Waals surface area contributed by atoms with Crippen molar-refractivity contribution in [3.8, 4) is 0 Å². The van der Waals surface area contributed by atoms with E-state index < -0.39 is 0 Å². The highest BCUT2D eigenvalue weighted by atomic mass is 79.9. The zero-order chi connectivity index (χ0) is 13.7. The maximum atomic E-state index is 12.0. The van der Waals surface area contributed by atoms with E-state index in [0.29, 0.717) is 6.54 Å². The minimum absolute atomic E-state index is 0.0192. The number of unbranched alkanes of at least 4 members (excludes halogenated alkanes) is 1. The molecule has 1 fully saturated rings. The maximum absolute atomic E-state index is 12.0. The molecule has 0 aliphatic carbocycles. The molecule has 5 heteroatoms. The Morgan fingerprint density at radius 2 is 2.11 bits per heavy atom. The van der Waals surface area contributed by atoms with E-state index in [1.165, 1.54) is 12.8 Å². The molecule has 1 aliphatic rings. The van der Waals surface area contributed by atoms with E-state index in [1.54, 1.807) is 10.7 Å². The van der Waals surface area contributed by atoms with Crippen LogP contribution in [0.5, 0.6) is 0 Å². The van der Waals surface area contributed by atoms with E-state index >= 15 is 0 Å². The molecule has 4 nitrogen and oxygen atoms in total. The average Bonchev–Trinajstić information content (AvgIpc) is 2.42. The molecule has 19 heavy (non-hydrogen) atoms. The lowest BCUT2D eigenvalue weighted by Crippen LogP contribution is -2.34. The van der Waals surface area contributed by atoms with Crippen LogP contribution in [0.1, 0.15) is 32.6 Å². The summed E-state index contributed by atoms with van der Waals surface area (Å²) in [6.45, 7) is 5.07. The van der Waals surface area contributed by atoms with Crippen molar-refractivity contribution in [1.82, 2.24) is 9.78 Å². The Labute approximate surface area is 122 Å². The molecule has 0 saturated carbocycles. The zero-order valence-corrected chi connectivity index (χ0v) is 13.1. The first-order valence-corrected chi connectivity index (χ1v) is 8.21. The lowest BCUT2D eigenvalue weighted by atomic mass is 9.99. The molecule has 0 bridgehead atoms. The third-order valence-electron chi connectivity index (χ3n) is 3.76. The predicted octanol–water partition coefficient (Wildman–Crippen LogP) is 2.65. The third-order valence-corrected chi connectivity index (χ3v) is 4.32. The number of alkyl halides is 1. The van der Waals surface area contributed by atoms with Gasteiger partial charge in [-0.05, 0) is 31.6 Å². The van der Waals surface area contributed by atoms with Gasteiger partial charge in [0, 0.05) is 31.0 Å². The number of anilines is 1. The monoisotopic (exact) mass is 327 g/mol. The Morgan fingerprint density at radius 3 is 2.74 bits per heavy atom. The number of halogens is 1. The first-order chi connectivity index (χ1) is 9.20. The van der Waals surface area contributed by atoms with Crippen molar-refractivity contribution in [1.29, 1.82) is 0 Å². The Hall–Kier alpha value is -0.840. The van der Waals surface area contributed by atoms with E-state index in [2.05, 4.69) is 32.9 Å². The third kappa shape index (κ3) is 4.06. The van der Waals surface area contributed by atoms with Crippen molar-refractivity contribution >= 4 is 21.6 Å². The molecule has 0 atom stereocenters. The van der Waals surface area contributed by atoms with Gasteiger partial charge in [0.1, 0.15) is 0 Å². The minimum Gasteiger partial charge on any atom is -0.370 e. The Balaban J connectivity index is 2.00. The molecular weight excluding hydrogens is 306 g/mol. The van der Waals surface area contributed by atoms with E-state index in [0.717, 1.165) is 42.9 Å². The molecule has 2 heterocycles. The van der Waals surface area contributed by atoms with Crippen LogP contribution in [-0.2, 0) is 6.54 Å². The number of nitrogens with zero attached hydrogens (tertiary/aromatic N) is 3. The van der Waals surface area contributed by atoms with Gasteiger partial charge in [-0.25, -0.2) is 4.68 Å². The molecule has 0 amide bonds. The molecule has 0 radical (unpaired) electrons. The molecule has 0 aromatic carbocycles. The first kappa shape index (κ1) is 14.6. The summed E-state index contributed by atoms with van der Waals surface area (Å²) in [6, 6.07) is 1.73. The molecule has 106 valence electrons.